The van der Waals surface area contributed by atoms with E-state index in [0.29, 0.717) is 31.4 Å². The Hall–Kier alpha value is -2.54. The summed E-state index contributed by atoms with van der Waals surface area (Å²) in [7, 11) is 0. The molecule has 0 aliphatic carbocycles. The van der Waals surface area contributed by atoms with Gasteiger partial charge in [0.15, 0.2) is 5.96 Å². The lowest BCUT2D eigenvalue weighted by Crippen LogP contribution is -2.59. The smallest absolute Gasteiger partial charge is 0.326 e. The number of guanidine groups is 1. The fraction of sp³-hybridized carbons (Fsp3) is 0.783. The summed E-state index contributed by atoms with van der Waals surface area (Å²) in [6.45, 7) is 7.66. The maximum atomic E-state index is 13.2. The zero-order valence-corrected chi connectivity index (χ0v) is 22.9. The number of nitrogens with two attached hydrogens (primary N) is 3. The van der Waals surface area contributed by atoms with Crippen LogP contribution < -0.4 is 33.2 Å². The Labute approximate surface area is 218 Å². The number of carboxylic acids is 1. The predicted octanol–water partition coefficient (Wildman–Crippen LogP) is -0.248. The number of hydrogen-bond donors (Lipinski definition) is 7. The molecule has 13 heteroatoms. The minimum Gasteiger partial charge on any atom is -0.480 e. The number of rotatable bonds is 18. The van der Waals surface area contributed by atoms with Crippen molar-refractivity contribution >= 4 is 41.4 Å². The summed E-state index contributed by atoms with van der Waals surface area (Å²) >= 11 is 1.52. The van der Waals surface area contributed by atoms with E-state index in [2.05, 4.69) is 20.9 Å². The number of nitrogens with one attached hydrogen (secondary N) is 3. The van der Waals surface area contributed by atoms with Crippen molar-refractivity contribution in [2.75, 3.05) is 18.6 Å². The van der Waals surface area contributed by atoms with Gasteiger partial charge < -0.3 is 38.3 Å². The van der Waals surface area contributed by atoms with E-state index in [4.69, 9.17) is 17.2 Å². The average Bonchev–Trinajstić information content (AvgIpc) is 2.84. The van der Waals surface area contributed by atoms with Gasteiger partial charge in [-0.3, -0.25) is 19.4 Å². The number of nitrogens with zero attached hydrogens (tertiary/aromatic N) is 1. The zero-order valence-electron chi connectivity index (χ0n) is 22.1. The van der Waals surface area contributed by atoms with Gasteiger partial charge in [-0.2, -0.15) is 11.8 Å². The van der Waals surface area contributed by atoms with Gasteiger partial charge in [-0.05, 0) is 43.1 Å². The second-order valence-corrected chi connectivity index (χ2v) is 9.96. The van der Waals surface area contributed by atoms with Gasteiger partial charge in [0.2, 0.25) is 17.7 Å². The molecule has 12 nitrogen and oxygen atoms in total. The molecule has 0 aromatic heterocycles. The monoisotopic (exact) mass is 531 g/mol. The highest BCUT2D eigenvalue weighted by atomic mass is 32.2. The first-order valence-corrected chi connectivity index (χ1v) is 13.7. The molecular weight excluding hydrogens is 486 g/mol. The van der Waals surface area contributed by atoms with Crippen molar-refractivity contribution in [2.45, 2.75) is 84.0 Å². The van der Waals surface area contributed by atoms with Crippen LogP contribution in [0.5, 0.6) is 0 Å². The molecule has 3 amide bonds. The molecule has 208 valence electrons. The highest BCUT2D eigenvalue weighted by molar-refractivity contribution is 7.98. The van der Waals surface area contributed by atoms with Crippen molar-refractivity contribution < 1.29 is 24.3 Å². The van der Waals surface area contributed by atoms with Crippen molar-refractivity contribution in [3.8, 4) is 0 Å². The van der Waals surface area contributed by atoms with Gasteiger partial charge in [-0.25, -0.2) is 4.79 Å². The lowest BCUT2D eigenvalue weighted by atomic mass is 9.96. The minimum atomic E-state index is -1.20. The van der Waals surface area contributed by atoms with Gasteiger partial charge in [-0.15, -0.1) is 0 Å². The van der Waals surface area contributed by atoms with E-state index in [-0.39, 0.29) is 30.8 Å². The largest absolute Gasteiger partial charge is 0.480 e. The number of carbonyl (C=O) groups is 4. The number of carbonyl (C=O) groups excluding carboxylic acids is 3. The first kappa shape index (κ1) is 33.5. The summed E-state index contributed by atoms with van der Waals surface area (Å²) in [5, 5.41) is 17.5. The second-order valence-electron chi connectivity index (χ2n) is 8.97. The summed E-state index contributed by atoms with van der Waals surface area (Å²) in [5.41, 5.74) is 16.6. The number of aliphatic imine (C=N–C) groups is 1. The summed E-state index contributed by atoms with van der Waals surface area (Å²) in [4.78, 5) is 54.4. The van der Waals surface area contributed by atoms with Crippen molar-refractivity contribution in [3.05, 3.63) is 0 Å². The average molecular weight is 532 g/mol. The number of carboxylic acid groups (broad SMARTS) is 1. The fourth-order valence-electron chi connectivity index (χ4n) is 3.26. The molecule has 6 atom stereocenters. The summed E-state index contributed by atoms with van der Waals surface area (Å²) in [5.74, 6) is -2.61. The Kier molecular flexibility index (Phi) is 16.6. The Morgan fingerprint density at radius 3 is 1.97 bits per heavy atom. The SMILES string of the molecule is CCC(C)C(N)C(=O)NC(CCSC)C(=O)NC(C(=O)NC(CCCN=C(N)N)C(=O)O)C(C)CC. The lowest BCUT2D eigenvalue weighted by molar-refractivity contribution is -0.143. The Morgan fingerprint density at radius 2 is 1.47 bits per heavy atom. The lowest BCUT2D eigenvalue weighted by Gasteiger charge is -2.28. The number of aliphatic carboxylic acids is 1. The summed E-state index contributed by atoms with van der Waals surface area (Å²) in [6, 6.07) is -3.80. The normalized spacial score (nSPS) is 15.9. The van der Waals surface area contributed by atoms with Gasteiger partial charge in [0.1, 0.15) is 18.1 Å². The van der Waals surface area contributed by atoms with Crippen LogP contribution in [0.2, 0.25) is 0 Å². The Balaban J connectivity index is 5.51. The number of hydrogen-bond acceptors (Lipinski definition) is 7. The Bertz CT molecular complexity index is 748. The predicted molar refractivity (Wildman–Crippen MR) is 143 cm³/mol. The van der Waals surface area contributed by atoms with Crippen LogP contribution in [0, 0.1) is 11.8 Å². The van der Waals surface area contributed by atoms with Gasteiger partial charge in [0, 0.05) is 6.54 Å². The Morgan fingerprint density at radius 1 is 0.889 bits per heavy atom. The topological polar surface area (TPSA) is 215 Å². The van der Waals surface area contributed by atoms with Gasteiger partial charge in [0.05, 0.1) is 6.04 Å². The molecule has 0 bridgehead atoms. The van der Waals surface area contributed by atoms with Crippen LogP contribution >= 0.6 is 11.8 Å². The molecule has 0 radical (unpaired) electrons. The van der Waals surface area contributed by atoms with E-state index in [1.54, 1.807) is 6.92 Å². The first-order valence-electron chi connectivity index (χ1n) is 12.3. The molecule has 36 heavy (non-hydrogen) atoms. The number of amides is 3. The highest BCUT2D eigenvalue weighted by Crippen LogP contribution is 2.12. The van der Waals surface area contributed by atoms with E-state index in [1.165, 1.54) is 11.8 Å². The van der Waals surface area contributed by atoms with E-state index in [9.17, 15) is 24.3 Å². The van der Waals surface area contributed by atoms with Crippen LogP contribution in [0.1, 0.15) is 59.8 Å². The quantitative estimate of drug-likeness (QED) is 0.0704. The van der Waals surface area contributed by atoms with E-state index >= 15 is 0 Å². The van der Waals surface area contributed by atoms with Crippen LogP contribution in [-0.2, 0) is 19.2 Å². The van der Waals surface area contributed by atoms with Crippen LogP contribution in [0.25, 0.3) is 0 Å². The third-order valence-electron chi connectivity index (χ3n) is 6.16. The van der Waals surface area contributed by atoms with Crippen LogP contribution in [0.15, 0.2) is 4.99 Å². The van der Waals surface area contributed by atoms with Gasteiger partial charge in [-0.1, -0.05) is 40.5 Å². The molecule has 0 aliphatic heterocycles. The molecule has 0 rings (SSSR count). The zero-order chi connectivity index (χ0) is 27.8. The van der Waals surface area contributed by atoms with Crippen molar-refractivity contribution in [2.24, 2.45) is 34.0 Å². The first-order chi connectivity index (χ1) is 16.9. The van der Waals surface area contributed by atoms with E-state index in [1.807, 2.05) is 27.0 Å². The second kappa shape index (κ2) is 17.8. The molecule has 0 aromatic carbocycles. The molecule has 0 heterocycles. The third kappa shape index (κ3) is 12.4. The molecule has 0 aromatic rings. The summed E-state index contributed by atoms with van der Waals surface area (Å²) < 4.78 is 0. The van der Waals surface area contributed by atoms with Crippen LogP contribution in [0.4, 0.5) is 0 Å². The number of thioether (sulfide) groups is 1. The van der Waals surface area contributed by atoms with Crippen molar-refractivity contribution in [1.29, 1.82) is 0 Å². The van der Waals surface area contributed by atoms with Gasteiger partial charge in [0.25, 0.3) is 0 Å². The standard InChI is InChI=1S/C23H45N7O5S/c1-6-13(3)17(24)20(32)28-15(10-12-36-5)19(31)30-18(14(4)7-2)21(33)29-16(22(34)35)9-8-11-27-23(25)26/h13-18H,6-12,24H2,1-5H3,(H,28,32)(H,29,33)(H,30,31)(H,34,35)(H4,25,26,27). The maximum Gasteiger partial charge on any atom is 0.326 e. The van der Waals surface area contributed by atoms with E-state index < -0.39 is 47.9 Å². The molecule has 0 saturated carbocycles. The third-order valence-corrected chi connectivity index (χ3v) is 6.80. The minimum absolute atomic E-state index is 0.0622. The van der Waals surface area contributed by atoms with Crippen LogP contribution in [-0.4, -0.2) is 77.5 Å². The summed E-state index contributed by atoms with van der Waals surface area (Å²) in [6.07, 6.45) is 3.96. The van der Waals surface area contributed by atoms with Crippen molar-refractivity contribution in [3.63, 3.8) is 0 Å². The van der Waals surface area contributed by atoms with E-state index in [0.717, 1.165) is 0 Å². The molecule has 0 fully saturated rings. The molecule has 10 N–H and O–H groups in total. The highest BCUT2D eigenvalue weighted by Gasteiger charge is 2.33. The maximum absolute atomic E-state index is 13.2. The van der Waals surface area contributed by atoms with Crippen LogP contribution in [0.3, 0.4) is 0 Å². The molecule has 6 unspecified atom stereocenters. The molecule has 0 saturated heterocycles. The van der Waals surface area contributed by atoms with Gasteiger partial charge >= 0.3 is 5.97 Å². The molecular formula is C23H45N7O5S. The molecule has 0 spiro atoms. The fourth-order valence-corrected chi connectivity index (χ4v) is 3.73. The molecule has 0 aliphatic rings. The van der Waals surface area contributed by atoms with Crippen molar-refractivity contribution in [1.82, 2.24) is 16.0 Å².